The Morgan fingerprint density at radius 1 is 1.15 bits per heavy atom. The van der Waals surface area contributed by atoms with Crippen LogP contribution < -0.4 is 26.6 Å². The minimum absolute atomic E-state index is 0.178. The van der Waals surface area contributed by atoms with E-state index >= 15 is 0 Å². The van der Waals surface area contributed by atoms with Gasteiger partial charge in [0.25, 0.3) is 0 Å². The first-order valence-electron chi connectivity index (χ1n) is 13.6. The molecule has 2 aliphatic rings. The van der Waals surface area contributed by atoms with Gasteiger partial charge in [0.15, 0.2) is 0 Å². The van der Waals surface area contributed by atoms with Crippen LogP contribution in [0.2, 0.25) is 0 Å². The maximum Gasteiger partial charge on any atom is 0.319 e. The average Bonchev–Trinajstić information content (AvgIpc) is 2.93. The highest BCUT2D eigenvalue weighted by Gasteiger charge is 2.14. The van der Waals surface area contributed by atoms with Gasteiger partial charge in [0.1, 0.15) is 12.0 Å². The van der Waals surface area contributed by atoms with E-state index in [-0.39, 0.29) is 12.2 Å². The third kappa shape index (κ3) is 10.1. The van der Waals surface area contributed by atoms with E-state index in [4.69, 9.17) is 16.6 Å². The number of halogens is 1. The molecule has 2 heterocycles. The molecule has 39 heavy (non-hydrogen) atoms. The molecule has 4 rings (SSSR count). The highest BCUT2D eigenvalue weighted by molar-refractivity contribution is 6.44. The Hall–Kier alpha value is -3.33. The van der Waals surface area contributed by atoms with E-state index in [1.807, 2.05) is 51.1 Å². The molecule has 1 unspecified atom stereocenters. The number of aliphatic imine (C=N–C) groups is 1. The molecular weight excluding hydrogens is 510 g/mol. The van der Waals surface area contributed by atoms with Crippen molar-refractivity contribution in [3.8, 4) is 0 Å². The van der Waals surface area contributed by atoms with Gasteiger partial charge in [-0.2, -0.15) is 0 Å². The van der Waals surface area contributed by atoms with Crippen LogP contribution in [-0.2, 0) is 12.8 Å². The van der Waals surface area contributed by atoms with Gasteiger partial charge in [-0.05, 0) is 75.1 Å². The Labute approximate surface area is 238 Å². The van der Waals surface area contributed by atoms with Crippen LogP contribution >= 0.6 is 11.6 Å². The number of fused-ring (bicyclic) bond motifs is 4. The van der Waals surface area contributed by atoms with Crippen molar-refractivity contribution in [2.45, 2.75) is 39.8 Å². The van der Waals surface area contributed by atoms with Crippen LogP contribution in [-0.4, -0.2) is 62.2 Å². The van der Waals surface area contributed by atoms with E-state index in [1.165, 1.54) is 5.56 Å². The highest BCUT2D eigenvalue weighted by atomic mass is 35.5. The van der Waals surface area contributed by atoms with E-state index in [2.05, 4.69) is 56.3 Å². The predicted molar refractivity (Wildman–Crippen MR) is 166 cm³/mol. The molecule has 9 heteroatoms. The van der Waals surface area contributed by atoms with Crippen molar-refractivity contribution >= 4 is 40.5 Å². The number of nitrogens with zero attached hydrogens (tertiary/aromatic N) is 2. The molecule has 0 aromatic heterocycles. The van der Waals surface area contributed by atoms with Crippen LogP contribution in [0.15, 0.2) is 71.2 Å². The number of aryl methyl sites for hydroxylation is 2. The summed E-state index contributed by atoms with van der Waals surface area (Å²) in [5.74, 6) is 0.590. The second-order valence-corrected chi connectivity index (χ2v) is 9.92. The molecule has 2 amide bonds. The zero-order chi connectivity index (χ0) is 28.0. The van der Waals surface area contributed by atoms with Gasteiger partial charge in [-0.25, -0.2) is 9.79 Å². The molecule has 210 valence electrons. The summed E-state index contributed by atoms with van der Waals surface area (Å²) in [5.41, 5.74) is 4.93. The summed E-state index contributed by atoms with van der Waals surface area (Å²) < 4.78 is 0. The predicted octanol–water partition coefficient (Wildman–Crippen LogP) is 5.42. The van der Waals surface area contributed by atoms with Crippen LogP contribution in [0.1, 0.15) is 31.9 Å². The molecule has 0 spiro atoms. The van der Waals surface area contributed by atoms with Crippen molar-refractivity contribution < 1.29 is 4.79 Å². The smallest absolute Gasteiger partial charge is 0.319 e. The van der Waals surface area contributed by atoms with Crippen molar-refractivity contribution in [1.29, 1.82) is 0 Å². The fourth-order valence-electron chi connectivity index (χ4n) is 4.42. The monoisotopic (exact) mass is 551 g/mol. The maximum absolute atomic E-state index is 12.7. The lowest BCUT2D eigenvalue weighted by Crippen LogP contribution is -2.46. The Balaban J connectivity index is 0.00000134. The highest BCUT2D eigenvalue weighted by Crippen LogP contribution is 2.25. The van der Waals surface area contributed by atoms with E-state index in [9.17, 15) is 4.79 Å². The summed E-state index contributed by atoms with van der Waals surface area (Å²) in [6.45, 7) is 14.6. The standard InChI is InChI=1S/C27H36ClN7O.C3H6/c1-3-24(28)26-32-19(2)31-22-6-4-5-20(17-22)7-8-21-18-23(33-26)9-10-25(21)34-27(36)30-13-16-35-14-11-29-12-15-35;1-3-2/h3-6,9-10,17-19,29,31H,7-8,11-16H2,1-2H3,(H,32,33)(H2,30,34,36);3H,1H2,2H3/b24-3+;. The van der Waals surface area contributed by atoms with Gasteiger partial charge in [-0.15, -0.1) is 6.58 Å². The molecular formula is C30H42ClN7O. The molecule has 1 saturated heterocycles. The zero-order valence-electron chi connectivity index (χ0n) is 23.3. The van der Waals surface area contributed by atoms with E-state index in [0.717, 1.165) is 68.2 Å². The zero-order valence-corrected chi connectivity index (χ0v) is 24.1. The normalized spacial score (nSPS) is 19.1. The number of hydrogen-bond acceptors (Lipinski definition) is 6. The first-order valence-corrected chi connectivity index (χ1v) is 14.0. The van der Waals surface area contributed by atoms with Crippen LogP contribution in [0.3, 0.4) is 0 Å². The summed E-state index contributed by atoms with van der Waals surface area (Å²) >= 11 is 6.48. The number of amidine groups is 1. The minimum Gasteiger partial charge on any atom is -0.364 e. The number of hydrogen-bond donors (Lipinski definition) is 5. The van der Waals surface area contributed by atoms with E-state index in [1.54, 1.807) is 6.08 Å². The Kier molecular flexibility index (Phi) is 12.3. The summed E-state index contributed by atoms with van der Waals surface area (Å²) in [4.78, 5) is 19.8. The number of nitrogens with one attached hydrogen (secondary N) is 5. The number of allylic oxidation sites excluding steroid dienone is 2. The number of anilines is 3. The van der Waals surface area contributed by atoms with Gasteiger partial charge in [-0.1, -0.05) is 35.9 Å². The van der Waals surface area contributed by atoms with Gasteiger partial charge < -0.3 is 26.6 Å². The summed E-state index contributed by atoms with van der Waals surface area (Å²) in [5, 5.41) is 16.7. The van der Waals surface area contributed by atoms with Gasteiger partial charge >= 0.3 is 6.03 Å². The number of benzene rings is 2. The lowest BCUT2D eigenvalue weighted by molar-refractivity contribution is 0.233. The van der Waals surface area contributed by atoms with Gasteiger partial charge in [-0.3, -0.25) is 4.90 Å². The Morgan fingerprint density at radius 3 is 2.67 bits per heavy atom. The van der Waals surface area contributed by atoms with Crippen LogP contribution in [0, 0.1) is 0 Å². The minimum atomic E-state index is -0.191. The molecule has 0 radical (unpaired) electrons. The topological polar surface area (TPSA) is 92.8 Å². The fourth-order valence-corrected chi connectivity index (χ4v) is 4.51. The largest absolute Gasteiger partial charge is 0.364 e. The summed E-state index contributed by atoms with van der Waals surface area (Å²) in [6, 6.07) is 14.1. The van der Waals surface area contributed by atoms with Crippen molar-refractivity contribution in [2.24, 2.45) is 4.99 Å². The van der Waals surface area contributed by atoms with Crippen LogP contribution in [0.5, 0.6) is 0 Å². The molecule has 1 atom stereocenters. The van der Waals surface area contributed by atoms with Crippen molar-refractivity contribution in [2.75, 3.05) is 55.2 Å². The summed E-state index contributed by atoms with van der Waals surface area (Å²) in [7, 11) is 0. The van der Waals surface area contributed by atoms with Gasteiger partial charge in [0.05, 0.1) is 5.03 Å². The van der Waals surface area contributed by atoms with Crippen molar-refractivity contribution in [1.82, 2.24) is 15.5 Å². The molecule has 2 aliphatic heterocycles. The molecule has 0 saturated carbocycles. The third-order valence-electron chi connectivity index (χ3n) is 6.33. The molecule has 4 bridgehead atoms. The van der Waals surface area contributed by atoms with Gasteiger partial charge in [0, 0.05) is 56.3 Å². The molecule has 2 aromatic rings. The van der Waals surface area contributed by atoms with E-state index in [0.29, 0.717) is 17.4 Å². The average molecular weight is 552 g/mol. The number of rotatable bonds is 5. The quantitative estimate of drug-likeness (QED) is 0.320. The second kappa shape index (κ2) is 15.9. The Bertz CT molecular complexity index is 1160. The lowest BCUT2D eigenvalue weighted by atomic mass is 10.0. The lowest BCUT2D eigenvalue weighted by Gasteiger charge is -2.27. The second-order valence-electron chi connectivity index (χ2n) is 9.51. The fraction of sp³-hybridized carbons (Fsp3) is 0.400. The molecule has 8 nitrogen and oxygen atoms in total. The third-order valence-corrected chi connectivity index (χ3v) is 6.72. The van der Waals surface area contributed by atoms with Crippen LogP contribution in [0.25, 0.3) is 0 Å². The SMILES string of the molecule is C/C=C(Cl)\C1=N/C(C)Nc2cccc(c2)CCc2cc(ccc2NC(=O)NCCN2CCNCC2)N1.C=CC. The first-order chi connectivity index (χ1) is 18.9. The molecule has 2 aromatic carbocycles. The first kappa shape index (κ1) is 30.2. The van der Waals surface area contributed by atoms with Crippen molar-refractivity contribution in [3.05, 3.63) is 77.4 Å². The van der Waals surface area contributed by atoms with Gasteiger partial charge in [0.2, 0.25) is 0 Å². The number of carbonyl (C=O) groups is 1. The number of amides is 2. The molecule has 0 aliphatic carbocycles. The van der Waals surface area contributed by atoms with E-state index < -0.39 is 0 Å². The number of urea groups is 1. The maximum atomic E-state index is 12.7. The number of piperazine rings is 1. The van der Waals surface area contributed by atoms with Crippen LogP contribution in [0.4, 0.5) is 21.9 Å². The molecule has 5 N–H and O–H groups in total. The number of carbonyl (C=O) groups excluding carboxylic acids is 1. The molecule has 1 fully saturated rings. The van der Waals surface area contributed by atoms with Crippen molar-refractivity contribution in [3.63, 3.8) is 0 Å². The Morgan fingerprint density at radius 2 is 1.92 bits per heavy atom. The summed E-state index contributed by atoms with van der Waals surface area (Å²) in [6.07, 6.45) is 5.01.